The van der Waals surface area contributed by atoms with Gasteiger partial charge in [-0.3, -0.25) is 33.6 Å². The van der Waals surface area contributed by atoms with Crippen LogP contribution in [0.15, 0.2) is 0 Å². The lowest BCUT2D eigenvalue weighted by molar-refractivity contribution is -0.142. The van der Waals surface area contributed by atoms with Gasteiger partial charge in [-0.2, -0.15) is 0 Å². The van der Waals surface area contributed by atoms with Crippen LogP contribution in [0.5, 0.6) is 0 Å². The van der Waals surface area contributed by atoms with Gasteiger partial charge in [0.2, 0.25) is 35.4 Å². The summed E-state index contributed by atoms with van der Waals surface area (Å²) in [4.78, 5) is 89.1. The second-order valence-electron chi connectivity index (χ2n) is 12.0. The topological polar surface area (TPSA) is 229 Å². The van der Waals surface area contributed by atoms with E-state index in [4.69, 9.17) is 10.8 Å². The normalized spacial score (nSPS) is 17.3. The number of rotatable bonds is 18. The number of likely N-dealkylation sites (tertiary alicyclic amines) is 1. The van der Waals surface area contributed by atoms with Crippen molar-refractivity contribution >= 4 is 41.4 Å². The predicted octanol–water partition coefficient (Wildman–Crippen LogP) is -1.01. The number of unbranched alkanes of at least 4 members (excludes halogenated alkanes) is 1. The van der Waals surface area contributed by atoms with Crippen LogP contribution in [0.3, 0.4) is 0 Å². The van der Waals surface area contributed by atoms with Gasteiger partial charge in [-0.1, -0.05) is 27.7 Å². The zero-order valence-corrected chi connectivity index (χ0v) is 26.7. The highest BCUT2D eigenvalue weighted by Crippen LogP contribution is 2.20. The summed E-state index contributed by atoms with van der Waals surface area (Å²) in [5.41, 5.74) is 5.51. The molecule has 1 heterocycles. The lowest BCUT2D eigenvalue weighted by Crippen LogP contribution is -2.57. The number of nitrogens with one attached hydrogen (secondary N) is 5. The molecule has 0 aliphatic carbocycles. The Kier molecular flexibility index (Phi) is 16.4. The van der Waals surface area contributed by atoms with Crippen LogP contribution in [0.4, 0.5) is 0 Å². The lowest BCUT2D eigenvalue weighted by atomic mass is 10.0. The summed E-state index contributed by atoms with van der Waals surface area (Å²) >= 11 is 0. The van der Waals surface area contributed by atoms with Gasteiger partial charge in [-0.05, 0) is 64.3 Å². The molecule has 8 N–H and O–H groups in total. The number of nitrogens with two attached hydrogens (primary N) is 1. The minimum Gasteiger partial charge on any atom is -0.480 e. The van der Waals surface area contributed by atoms with E-state index in [9.17, 15) is 33.6 Å². The van der Waals surface area contributed by atoms with Crippen LogP contribution in [-0.2, 0) is 33.6 Å². The summed E-state index contributed by atoms with van der Waals surface area (Å²) in [6.07, 6.45) is 3.12. The van der Waals surface area contributed by atoms with E-state index in [-0.39, 0.29) is 17.7 Å². The van der Waals surface area contributed by atoms with Gasteiger partial charge in [0.1, 0.15) is 30.2 Å². The molecular formula is C29H51N7O8. The van der Waals surface area contributed by atoms with Gasteiger partial charge >= 0.3 is 5.97 Å². The molecule has 0 radical (unpaired) electrons. The van der Waals surface area contributed by atoms with E-state index in [0.29, 0.717) is 51.6 Å². The first kappa shape index (κ1) is 38.3. The highest BCUT2D eigenvalue weighted by Gasteiger charge is 2.36. The first-order chi connectivity index (χ1) is 20.6. The van der Waals surface area contributed by atoms with E-state index in [1.54, 1.807) is 18.7 Å². The molecule has 0 aromatic carbocycles. The largest absolute Gasteiger partial charge is 0.480 e. The van der Waals surface area contributed by atoms with Gasteiger partial charge in [0.15, 0.2) is 0 Å². The maximum atomic E-state index is 13.2. The lowest BCUT2D eigenvalue weighted by Gasteiger charge is -2.27. The van der Waals surface area contributed by atoms with Crippen LogP contribution in [0.1, 0.15) is 80.1 Å². The van der Waals surface area contributed by atoms with Crippen LogP contribution < -0.4 is 32.3 Å². The van der Waals surface area contributed by atoms with Crippen LogP contribution in [-0.4, -0.2) is 101 Å². The van der Waals surface area contributed by atoms with Gasteiger partial charge in [-0.25, -0.2) is 0 Å². The SMILES string of the molecule is CC(C)C[C@H](NC(=O)[C@@H]1CCCN1C(=O)CCCCN)C(=O)N[C@@H](C)C(=O)NCC(=O)N[C@H](C(=O)N[C@@H](C)C(=O)O)C(C)C. The number of hydrogen-bond donors (Lipinski definition) is 7. The van der Waals surface area contributed by atoms with E-state index < -0.39 is 72.3 Å². The number of carboxylic acid groups (broad SMARTS) is 1. The fourth-order valence-electron chi connectivity index (χ4n) is 4.70. The molecule has 1 rings (SSSR count). The Bertz CT molecular complexity index is 1040. The summed E-state index contributed by atoms with van der Waals surface area (Å²) in [7, 11) is 0. The molecule has 1 saturated heterocycles. The van der Waals surface area contributed by atoms with E-state index in [1.165, 1.54) is 13.8 Å². The van der Waals surface area contributed by atoms with E-state index in [2.05, 4.69) is 26.6 Å². The number of hydrogen-bond acceptors (Lipinski definition) is 8. The second-order valence-corrected chi connectivity index (χ2v) is 12.0. The van der Waals surface area contributed by atoms with Crippen LogP contribution >= 0.6 is 0 Å². The summed E-state index contributed by atoms with van der Waals surface area (Å²) in [6, 6.07) is -4.87. The average Bonchev–Trinajstić information content (AvgIpc) is 3.44. The molecule has 0 spiro atoms. The third-order valence-electron chi connectivity index (χ3n) is 7.23. The average molecular weight is 626 g/mol. The quantitative estimate of drug-likeness (QED) is 0.0924. The minimum absolute atomic E-state index is 0.0287. The van der Waals surface area contributed by atoms with Crippen molar-refractivity contribution < 1.29 is 38.7 Å². The van der Waals surface area contributed by atoms with Gasteiger partial charge in [0, 0.05) is 13.0 Å². The van der Waals surface area contributed by atoms with Gasteiger partial charge in [0.25, 0.3) is 0 Å². The first-order valence-electron chi connectivity index (χ1n) is 15.3. The molecule has 0 saturated carbocycles. The third kappa shape index (κ3) is 12.9. The van der Waals surface area contributed by atoms with Crippen molar-refractivity contribution in [2.45, 2.75) is 110 Å². The molecule has 15 heteroatoms. The Labute approximate surface area is 259 Å². The Balaban J connectivity index is 2.74. The summed E-state index contributed by atoms with van der Waals surface area (Å²) in [5, 5.41) is 21.5. The van der Waals surface area contributed by atoms with Crippen LogP contribution in [0, 0.1) is 11.8 Å². The molecule has 6 amide bonds. The maximum absolute atomic E-state index is 13.2. The highest BCUT2D eigenvalue weighted by molar-refractivity contribution is 5.95. The number of carbonyl (C=O) groups is 7. The van der Waals surface area contributed by atoms with Gasteiger partial charge < -0.3 is 42.3 Å². The zero-order chi connectivity index (χ0) is 33.6. The van der Waals surface area contributed by atoms with Crippen molar-refractivity contribution in [1.29, 1.82) is 0 Å². The van der Waals surface area contributed by atoms with Crippen molar-refractivity contribution in [2.75, 3.05) is 19.6 Å². The predicted molar refractivity (Wildman–Crippen MR) is 162 cm³/mol. The van der Waals surface area contributed by atoms with Crippen molar-refractivity contribution in [3.63, 3.8) is 0 Å². The molecule has 15 nitrogen and oxygen atoms in total. The molecule has 0 aromatic heterocycles. The first-order valence-corrected chi connectivity index (χ1v) is 15.3. The highest BCUT2D eigenvalue weighted by atomic mass is 16.4. The van der Waals surface area contributed by atoms with E-state index in [1.807, 2.05) is 13.8 Å². The number of aliphatic carboxylic acids is 1. The number of nitrogens with zero attached hydrogens (tertiary/aromatic N) is 1. The fourth-order valence-corrected chi connectivity index (χ4v) is 4.70. The molecular weight excluding hydrogens is 574 g/mol. The Hall–Kier alpha value is -3.75. The fraction of sp³-hybridized carbons (Fsp3) is 0.759. The molecule has 0 aromatic rings. The molecule has 0 unspecified atom stereocenters. The molecule has 250 valence electrons. The van der Waals surface area contributed by atoms with Gasteiger partial charge in [0.05, 0.1) is 6.54 Å². The molecule has 1 aliphatic heterocycles. The maximum Gasteiger partial charge on any atom is 0.325 e. The van der Waals surface area contributed by atoms with Crippen molar-refractivity contribution in [3.05, 3.63) is 0 Å². The zero-order valence-electron chi connectivity index (χ0n) is 26.7. The third-order valence-corrected chi connectivity index (χ3v) is 7.23. The van der Waals surface area contributed by atoms with E-state index in [0.717, 1.165) is 0 Å². The Morgan fingerprint density at radius 3 is 2.05 bits per heavy atom. The monoisotopic (exact) mass is 625 g/mol. The van der Waals surface area contributed by atoms with Gasteiger partial charge in [-0.15, -0.1) is 0 Å². The number of carbonyl (C=O) groups excluding carboxylic acids is 6. The van der Waals surface area contributed by atoms with Crippen molar-refractivity contribution in [1.82, 2.24) is 31.5 Å². The molecule has 5 atom stereocenters. The van der Waals surface area contributed by atoms with Crippen molar-refractivity contribution in [3.8, 4) is 0 Å². The van der Waals surface area contributed by atoms with E-state index >= 15 is 0 Å². The summed E-state index contributed by atoms with van der Waals surface area (Å²) in [6.45, 7) is 10.3. The van der Waals surface area contributed by atoms with Crippen molar-refractivity contribution in [2.24, 2.45) is 17.6 Å². The molecule has 1 aliphatic rings. The Morgan fingerprint density at radius 1 is 0.841 bits per heavy atom. The number of amides is 6. The molecule has 0 bridgehead atoms. The van der Waals surface area contributed by atoms with Crippen LogP contribution in [0.2, 0.25) is 0 Å². The standard InChI is InChI=1S/C29H51N7O8/c1-16(2)14-20(34-27(41)21-10-9-13-36(21)23(38)11-7-8-12-30)26(40)32-18(5)25(39)31-15-22(37)35-24(17(3)4)28(42)33-19(6)29(43)44/h16-21,24H,7-15,30H2,1-6H3,(H,31,39)(H,32,40)(H,33,42)(H,34,41)(H,35,37)(H,43,44)/t18-,19-,20-,21-,24-/m0/s1. The molecule has 44 heavy (non-hydrogen) atoms. The smallest absolute Gasteiger partial charge is 0.325 e. The molecule has 1 fully saturated rings. The minimum atomic E-state index is -1.23. The van der Waals surface area contributed by atoms with Crippen LogP contribution in [0.25, 0.3) is 0 Å². The summed E-state index contributed by atoms with van der Waals surface area (Å²) in [5.74, 6) is -4.72. The number of carboxylic acids is 1. The second kappa shape index (κ2) is 18.8. The Morgan fingerprint density at radius 2 is 1.48 bits per heavy atom. The summed E-state index contributed by atoms with van der Waals surface area (Å²) < 4.78 is 0.